The molecule has 198 valence electrons. The van der Waals surface area contributed by atoms with Crippen molar-refractivity contribution < 1.29 is 14.3 Å². The lowest BCUT2D eigenvalue weighted by atomic mass is 10.1. The lowest BCUT2D eigenvalue weighted by Crippen LogP contribution is -2.23. The van der Waals surface area contributed by atoms with Crippen molar-refractivity contribution in [2.24, 2.45) is 0 Å². The zero-order valence-electron chi connectivity index (χ0n) is 21.2. The third-order valence-corrected chi connectivity index (χ3v) is 7.62. The summed E-state index contributed by atoms with van der Waals surface area (Å²) in [7, 11) is 1.61. The van der Waals surface area contributed by atoms with Crippen LogP contribution in [0.5, 0.6) is 11.5 Å². The Bertz CT molecular complexity index is 2000. The van der Waals surface area contributed by atoms with Crippen molar-refractivity contribution in [3.63, 3.8) is 0 Å². The van der Waals surface area contributed by atoms with Crippen molar-refractivity contribution in [2.45, 2.75) is 6.92 Å². The van der Waals surface area contributed by atoms with E-state index in [2.05, 4.69) is 26.0 Å². The average molecular weight is 614 g/mol. The highest BCUT2D eigenvalue weighted by atomic mass is 79.9. The van der Waals surface area contributed by atoms with Gasteiger partial charge in [-0.15, -0.1) is 5.10 Å². The molecule has 0 atom stereocenters. The Balaban J connectivity index is 1.47. The first-order valence-electron chi connectivity index (χ1n) is 12.1. The van der Waals surface area contributed by atoms with Gasteiger partial charge in [-0.1, -0.05) is 41.7 Å². The van der Waals surface area contributed by atoms with Crippen LogP contribution in [0.15, 0.2) is 88.3 Å². The summed E-state index contributed by atoms with van der Waals surface area (Å²) in [5.74, 6) is 0.879. The molecule has 0 fully saturated rings. The number of aromatic nitrogens is 5. The van der Waals surface area contributed by atoms with Crippen LogP contribution in [0.3, 0.4) is 0 Å². The lowest BCUT2D eigenvalue weighted by molar-refractivity contribution is -0.131. The maximum atomic E-state index is 13.4. The largest absolute Gasteiger partial charge is 0.496 e. The first kappa shape index (κ1) is 25.7. The van der Waals surface area contributed by atoms with Gasteiger partial charge in [0.05, 0.1) is 27.4 Å². The molecule has 6 aromatic rings. The molecule has 3 aromatic carbocycles. The first-order chi connectivity index (χ1) is 19.4. The van der Waals surface area contributed by atoms with Crippen LogP contribution < -0.4 is 19.6 Å². The van der Waals surface area contributed by atoms with Crippen molar-refractivity contribution in [3.05, 3.63) is 104 Å². The molecule has 0 aliphatic carbocycles. The number of benzene rings is 3. The molecule has 0 amide bonds. The van der Waals surface area contributed by atoms with Gasteiger partial charge in [0.1, 0.15) is 17.2 Å². The Hall–Kier alpha value is -4.61. The zero-order valence-corrected chi connectivity index (χ0v) is 23.6. The molecule has 0 radical (unpaired) electrons. The van der Waals surface area contributed by atoms with Crippen molar-refractivity contribution in [1.82, 2.24) is 24.4 Å². The lowest BCUT2D eigenvalue weighted by Gasteiger charge is -2.05. The molecular weight excluding hydrogens is 594 g/mol. The molecule has 9 nitrogen and oxygen atoms in total. The van der Waals surface area contributed by atoms with Gasteiger partial charge in [-0.3, -0.25) is 9.59 Å². The number of methoxy groups -OCH3 is 1. The van der Waals surface area contributed by atoms with Gasteiger partial charge in [-0.2, -0.15) is 14.6 Å². The predicted octanol–water partition coefficient (Wildman–Crippen LogP) is 4.91. The van der Waals surface area contributed by atoms with Crippen LogP contribution in [0.25, 0.3) is 39.4 Å². The molecular formula is C29H20BrN5O4S. The van der Waals surface area contributed by atoms with Gasteiger partial charge in [0.25, 0.3) is 5.56 Å². The normalized spacial score (nSPS) is 11.7. The van der Waals surface area contributed by atoms with Crippen LogP contribution in [0.2, 0.25) is 0 Å². The summed E-state index contributed by atoms with van der Waals surface area (Å²) in [4.78, 5) is 29.9. The number of nitrogens with zero attached hydrogens (tertiary/aromatic N) is 5. The number of hydrogen-bond donors (Lipinski definition) is 0. The minimum Gasteiger partial charge on any atom is -0.496 e. The van der Waals surface area contributed by atoms with E-state index < -0.39 is 5.97 Å². The third-order valence-electron chi connectivity index (χ3n) is 6.04. The summed E-state index contributed by atoms with van der Waals surface area (Å²) >= 11 is 4.78. The van der Waals surface area contributed by atoms with Gasteiger partial charge in [-0.25, -0.2) is 4.68 Å². The molecule has 40 heavy (non-hydrogen) atoms. The fourth-order valence-corrected chi connectivity index (χ4v) is 5.67. The van der Waals surface area contributed by atoms with Crippen LogP contribution in [0.4, 0.5) is 0 Å². The summed E-state index contributed by atoms with van der Waals surface area (Å²) in [5.41, 5.74) is 3.40. The number of thiazole rings is 1. The number of ether oxygens (including phenoxy) is 2. The number of halogens is 1. The van der Waals surface area contributed by atoms with Crippen molar-refractivity contribution in [2.75, 3.05) is 7.11 Å². The first-order valence-corrected chi connectivity index (χ1v) is 13.7. The van der Waals surface area contributed by atoms with E-state index in [1.54, 1.807) is 42.1 Å². The summed E-state index contributed by atoms with van der Waals surface area (Å²) in [6.07, 6.45) is 3.69. The molecule has 0 aliphatic heterocycles. The number of rotatable bonds is 6. The molecule has 3 aromatic heterocycles. The molecule has 0 unspecified atom stereocenters. The maximum absolute atomic E-state index is 13.4. The summed E-state index contributed by atoms with van der Waals surface area (Å²) in [6.45, 7) is 1.33. The van der Waals surface area contributed by atoms with Gasteiger partial charge < -0.3 is 9.47 Å². The van der Waals surface area contributed by atoms with E-state index in [9.17, 15) is 9.59 Å². The van der Waals surface area contributed by atoms with E-state index in [-0.39, 0.29) is 5.56 Å². The Labute approximate surface area is 240 Å². The van der Waals surface area contributed by atoms with Gasteiger partial charge in [0.15, 0.2) is 5.82 Å². The highest BCUT2D eigenvalue weighted by Crippen LogP contribution is 2.32. The van der Waals surface area contributed by atoms with E-state index in [4.69, 9.17) is 14.6 Å². The fraction of sp³-hybridized carbons (Fsp3) is 0.0690. The van der Waals surface area contributed by atoms with Gasteiger partial charge in [-0.05, 0) is 64.5 Å². The molecule has 0 N–H and O–H groups in total. The van der Waals surface area contributed by atoms with E-state index in [0.717, 1.165) is 21.3 Å². The minimum absolute atomic E-state index is 0.299. The summed E-state index contributed by atoms with van der Waals surface area (Å²) in [6, 6.07) is 22.4. The quantitative estimate of drug-likeness (QED) is 0.194. The number of carbonyl (C=O) groups is 1. The van der Waals surface area contributed by atoms with E-state index in [1.165, 1.54) is 22.8 Å². The van der Waals surface area contributed by atoms with Crippen molar-refractivity contribution >= 4 is 44.3 Å². The minimum atomic E-state index is -0.453. The smallest absolute Gasteiger partial charge is 0.308 e. The van der Waals surface area contributed by atoms with Crippen LogP contribution in [0, 0.1) is 0 Å². The monoisotopic (exact) mass is 613 g/mol. The third kappa shape index (κ3) is 4.80. The highest BCUT2D eigenvalue weighted by molar-refractivity contribution is 9.10. The molecule has 0 bridgehead atoms. The van der Waals surface area contributed by atoms with Crippen molar-refractivity contribution in [3.8, 4) is 39.8 Å². The zero-order chi connectivity index (χ0) is 27.8. The Morgan fingerprint density at radius 1 is 1.00 bits per heavy atom. The second kappa shape index (κ2) is 10.5. The number of fused-ring (bicyclic) bond motifs is 1. The molecule has 0 aliphatic rings. The SMILES string of the molecule is COc1ccc(-c2nn(-c3ccccc3)cc2/C=c2\sc3nc(-c4ccccc4OC(C)=O)nn3c2=O)cc1Br. The Morgan fingerprint density at radius 2 is 1.77 bits per heavy atom. The average Bonchev–Trinajstić information content (AvgIpc) is 3.64. The van der Waals surface area contributed by atoms with Gasteiger partial charge in [0, 0.05) is 24.2 Å². The number of esters is 1. The molecule has 0 saturated heterocycles. The van der Waals surface area contributed by atoms with E-state index in [1.807, 2.05) is 54.7 Å². The Morgan fingerprint density at radius 3 is 2.50 bits per heavy atom. The molecule has 0 spiro atoms. The number of para-hydroxylation sites is 2. The standard InChI is InChI=1S/C29H20BrN5O4S/c1-17(36)39-23-11-7-6-10-21(23)27-31-29-35(33-27)28(37)25(40-29)15-19-16-34(20-8-4-3-5-9-20)32-26(19)18-12-13-24(38-2)22(30)14-18/h3-16H,1-2H3/b25-15-. The molecule has 6 rings (SSSR count). The van der Waals surface area contributed by atoms with E-state index in [0.29, 0.717) is 38.1 Å². The van der Waals surface area contributed by atoms with Gasteiger partial charge >= 0.3 is 5.97 Å². The molecule has 3 heterocycles. The van der Waals surface area contributed by atoms with Crippen LogP contribution in [-0.2, 0) is 4.79 Å². The van der Waals surface area contributed by atoms with Crippen LogP contribution in [-0.4, -0.2) is 37.5 Å². The topological polar surface area (TPSA) is 101 Å². The summed E-state index contributed by atoms with van der Waals surface area (Å²) in [5, 5.41) is 9.28. The van der Waals surface area contributed by atoms with Crippen LogP contribution >= 0.6 is 27.3 Å². The Kier molecular flexibility index (Phi) is 6.74. The molecule has 11 heteroatoms. The second-order valence-electron chi connectivity index (χ2n) is 8.70. The van der Waals surface area contributed by atoms with Crippen molar-refractivity contribution in [1.29, 1.82) is 0 Å². The van der Waals surface area contributed by atoms with Crippen LogP contribution in [0.1, 0.15) is 12.5 Å². The van der Waals surface area contributed by atoms with E-state index >= 15 is 0 Å². The predicted molar refractivity (Wildman–Crippen MR) is 156 cm³/mol. The maximum Gasteiger partial charge on any atom is 0.308 e. The molecule has 0 saturated carbocycles. The van der Waals surface area contributed by atoms with Gasteiger partial charge in [0.2, 0.25) is 4.96 Å². The summed E-state index contributed by atoms with van der Waals surface area (Å²) < 4.78 is 15.0. The number of hydrogen-bond acceptors (Lipinski definition) is 8. The fourth-order valence-electron chi connectivity index (χ4n) is 4.23. The highest BCUT2D eigenvalue weighted by Gasteiger charge is 2.18. The second-order valence-corrected chi connectivity index (χ2v) is 10.6. The number of carbonyl (C=O) groups excluding carboxylic acids is 1.